The van der Waals surface area contributed by atoms with Crippen LogP contribution in [0.3, 0.4) is 0 Å². The predicted molar refractivity (Wildman–Crippen MR) is 56.7 cm³/mol. The maximum absolute atomic E-state index is 4.18. The fraction of sp³-hybridized carbons (Fsp3) is 0.250. The molecule has 10 heavy (non-hydrogen) atoms. The van der Waals surface area contributed by atoms with Crippen molar-refractivity contribution in [2.75, 3.05) is 5.75 Å². The smallest absolute Gasteiger partial charge is 0.0162 e. The number of aryl methyl sites for hydroxylation is 1. The van der Waals surface area contributed by atoms with E-state index in [1.165, 1.54) is 9.13 Å². The minimum absolute atomic E-state index is 0.931. The quantitative estimate of drug-likeness (QED) is 0.616. The summed E-state index contributed by atoms with van der Waals surface area (Å²) >= 11 is 6.53. The van der Waals surface area contributed by atoms with Crippen LogP contribution in [0, 0.1) is 3.57 Å². The number of halogens is 1. The summed E-state index contributed by atoms with van der Waals surface area (Å²) < 4.78 is 1.34. The van der Waals surface area contributed by atoms with Crippen LogP contribution in [-0.4, -0.2) is 5.75 Å². The lowest BCUT2D eigenvalue weighted by Crippen LogP contribution is -1.88. The molecule has 0 saturated carbocycles. The summed E-state index contributed by atoms with van der Waals surface area (Å²) in [7, 11) is 0. The van der Waals surface area contributed by atoms with Crippen LogP contribution in [0.2, 0.25) is 0 Å². The van der Waals surface area contributed by atoms with E-state index >= 15 is 0 Å². The Morgan fingerprint density at radius 3 is 2.60 bits per heavy atom. The van der Waals surface area contributed by atoms with E-state index in [0.717, 1.165) is 12.2 Å². The van der Waals surface area contributed by atoms with Crippen molar-refractivity contribution in [2.24, 2.45) is 0 Å². The number of hydrogen-bond acceptors (Lipinski definition) is 1. The Kier molecular flexibility index (Phi) is 3.56. The first-order chi connectivity index (χ1) is 4.84. The van der Waals surface area contributed by atoms with Crippen molar-refractivity contribution in [2.45, 2.75) is 6.42 Å². The zero-order valence-corrected chi connectivity index (χ0v) is 8.60. The second-order valence-electron chi connectivity index (χ2n) is 2.07. The molecule has 0 aliphatic heterocycles. The monoisotopic (exact) mass is 264 g/mol. The average Bonchev–Trinajstić information content (AvgIpc) is 1.94. The summed E-state index contributed by atoms with van der Waals surface area (Å²) in [6.07, 6.45) is 1.07. The molecule has 0 unspecified atom stereocenters. The van der Waals surface area contributed by atoms with Crippen LogP contribution >= 0.6 is 35.2 Å². The first-order valence-electron chi connectivity index (χ1n) is 3.19. The number of hydrogen-bond donors (Lipinski definition) is 1. The minimum Gasteiger partial charge on any atom is -0.179 e. The third-order valence-corrected chi connectivity index (χ3v) is 2.61. The summed E-state index contributed by atoms with van der Waals surface area (Å²) in [6.45, 7) is 0. The summed E-state index contributed by atoms with van der Waals surface area (Å²) in [5.41, 5.74) is 1.40. The molecule has 0 spiro atoms. The van der Waals surface area contributed by atoms with E-state index in [9.17, 15) is 0 Å². The highest BCUT2D eigenvalue weighted by atomic mass is 127. The molecule has 0 aliphatic rings. The van der Waals surface area contributed by atoms with Crippen molar-refractivity contribution in [1.82, 2.24) is 0 Å². The molecule has 1 aromatic rings. The van der Waals surface area contributed by atoms with E-state index in [1.54, 1.807) is 0 Å². The maximum atomic E-state index is 4.18. The molecule has 1 aromatic carbocycles. The largest absolute Gasteiger partial charge is 0.179 e. The van der Waals surface area contributed by atoms with Gasteiger partial charge in [-0.05, 0) is 46.4 Å². The number of rotatable bonds is 2. The third kappa shape index (κ3) is 2.16. The van der Waals surface area contributed by atoms with Crippen LogP contribution < -0.4 is 0 Å². The van der Waals surface area contributed by atoms with E-state index in [2.05, 4.69) is 59.5 Å². The lowest BCUT2D eigenvalue weighted by atomic mass is 10.2. The normalized spacial score (nSPS) is 9.80. The highest BCUT2D eigenvalue weighted by Crippen LogP contribution is 2.11. The molecule has 0 amide bonds. The van der Waals surface area contributed by atoms with E-state index in [-0.39, 0.29) is 0 Å². The van der Waals surface area contributed by atoms with Crippen molar-refractivity contribution in [1.29, 1.82) is 0 Å². The van der Waals surface area contributed by atoms with Gasteiger partial charge < -0.3 is 0 Å². The zero-order valence-electron chi connectivity index (χ0n) is 5.55. The van der Waals surface area contributed by atoms with Gasteiger partial charge in [0.1, 0.15) is 0 Å². The van der Waals surface area contributed by atoms with Gasteiger partial charge in [-0.3, -0.25) is 0 Å². The van der Waals surface area contributed by atoms with Crippen LogP contribution in [0.25, 0.3) is 0 Å². The Bertz CT molecular complexity index is 210. The van der Waals surface area contributed by atoms with Crippen LogP contribution in [0.4, 0.5) is 0 Å². The van der Waals surface area contributed by atoms with Crippen LogP contribution in [0.1, 0.15) is 5.56 Å². The van der Waals surface area contributed by atoms with Gasteiger partial charge in [-0.1, -0.05) is 18.2 Å². The Morgan fingerprint density at radius 1 is 1.30 bits per heavy atom. The summed E-state index contributed by atoms with van der Waals surface area (Å²) in [4.78, 5) is 0. The zero-order chi connectivity index (χ0) is 7.40. The second kappa shape index (κ2) is 4.23. The van der Waals surface area contributed by atoms with Crippen molar-refractivity contribution in [3.05, 3.63) is 33.4 Å². The summed E-state index contributed by atoms with van der Waals surface area (Å²) in [5.74, 6) is 0.931. The molecule has 2 heteroatoms. The molecular weight excluding hydrogens is 255 g/mol. The first-order valence-corrected chi connectivity index (χ1v) is 4.90. The van der Waals surface area contributed by atoms with Gasteiger partial charge in [0.25, 0.3) is 0 Å². The molecule has 0 radical (unpaired) electrons. The standard InChI is InChI=1S/C8H9IS/c9-8-4-2-1-3-7(8)5-6-10/h1-4,10H,5-6H2. The van der Waals surface area contributed by atoms with Gasteiger partial charge in [0, 0.05) is 3.57 Å². The fourth-order valence-corrected chi connectivity index (χ4v) is 1.72. The molecular formula is C8H9IS. The molecule has 0 N–H and O–H groups in total. The Hall–Kier alpha value is 0.300. The SMILES string of the molecule is SCCc1ccccc1I. The molecule has 0 bridgehead atoms. The molecule has 0 heterocycles. The molecule has 0 aliphatic carbocycles. The highest BCUT2D eigenvalue weighted by molar-refractivity contribution is 14.1. The van der Waals surface area contributed by atoms with E-state index in [1.807, 2.05) is 0 Å². The number of thiol groups is 1. The molecule has 0 saturated heterocycles. The Labute approximate surface area is 80.6 Å². The van der Waals surface area contributed by atoms with E-state index in [0.29, 0.717) is 0 Å². The van der Waals surface area contributed by atoms with Crippen molar-refractivity contribution in [3.63, 3.8) is 0 Å². The summed E-state index contributed by atoms with van der Waals surface area (Å²) in [5, 5.41) is 0. The molecule has 0 fully saturated rings. The second-order valence-corrected chi connectivity index (χ2v) is 3.67. The first kappa shape index (κ1) is 8.40. The molecule has 0 aromatic heterocycles. The number of benzene rings is 1. The van der Waals surface area contributed by atoms with Gasteiger partial charge in [0.15, 0.2) is 0 Å². The van der Waals surface area contributed by atoms with Crippen LogP contribution in [0.5, 0.6) is 0 Å². The lowest BCUT2D eigenvalue weighted by molar-refractivity contribution is 1.15. The van der Waals surface area contributed by atoms with Crippen molar-refractivity contribution in [3.8, 4) is 0 Å². The van der Waals surface area contributed by atoms with Crippen molar-refractivity contribution >= 4 is 35.2 Å². The molecule has 1 rings (SSSR count). The maximum Gasteiger partial charge on any atom is 0.0162 e. The van der Waals surface area contributed by atoms with Crippen LogP contribution in [0.15, 0.2) is 24.3 Å². The Morgan fingerprint density at radius 2 is 2.00 bits per heavy atom. The van der Waals surface area contributed by atoms with Gasteiger partial charge in [-0.15, -0.1) is 0 Å². The fourth-order valence-electron chi connectivity index (χ4n) is 0.822. The molecule has 0 atom stereocenters. The van der Waals surface area contributed by atoms with E-state index < -0.39 is 0 Å². The molecule has 54 valence electrons. The highest BCUT2D eigenvalue weighted by Gasteiger charge is 1.94. The predicted octanol–water partition coefficient (Wildman–Crippen LogP) is 2.76. The van der Waals surface area contributed by atoms with Gasteiger partial charge in [0.05, 0.1) is 0 Å². The summed E-state index contributed by atoms with van der Waals surface area (Å²) in [6, 6.07) is 8.40. The molecule has 0 nitrogen and oxygen atoms in total. The minimum atomic E-state index is 0.931. The third-order valence-electron chi connectivity index (χ3n) is 1.34. The topological polar surface area (TPSA) is 0 Å². The average molecular weight is 264 g/mol. The Balaban J connectivity index is 2.81. The lowest BCUT2D eigenvalue weighted by Gasteiger charge is -1.99. The van der Waals surface area contributed by atoms with Gasteiger partial charge in [-0.25, -0.2) is 0 Å². The van der Waals surface area contributed by atoms with Gasteiger partial charge in [-0.2, -0.15) is 12.6 Å². The van der Waals surface area contributed by atoms with E-state index in [4.69, 9.17) is 0 Å². The van der Waals surface area contributed by atoms with Crippen LogP contribution in [-0.2, 0) is 6.42 Å². The van der Waals surface area contributed by atoms with Gasteiger partial charge in [0.2, 0.25) is 0 Å². The van der Waals surface area contributed by atoms with Gasteiger partial charge >= 0.3 is 0 Å². The van der Waals surface area contributed by atoms with Crippen molar-refractivity contribution < 1.29 is 0 Å².